The van der Waals surface area contributed by atoms with E-state index in [0.717, 1.165) is 18.4 Å². The van der Waals surface area contributed by atoms with Gasteiger partial charge in [-0.3, -0.25) is 4.79 Å². The van der Waals surface area contributed by atoms with Crippen molar-refractivity contribution in [1.29, 1.82) is 0 Å². The van der Waals surface area contributed by atoms with E-state index in [1.807, 2.05) is 30.3 Å². The Morgan fingerprint density at radius 3 is 2.60 bits per heavy atom. The van der Waals surface area contributed by atoms with Gasteiger partial charge in [-0.2, -0.15) is 0 Å². The van der Waals surface area contributed by atoms with Crippen LogP contribution in [-0.4, -0.2) is 10.9 Å². The average molecular weight is 206 g/mol. The molecule has 0 fully saturated rings. The molecule has 0 unspecified atom stereocenters. The van der Waals surface area contributed by atoms with Crippen molar-refractivity contribution < 1.29 is 9.90 Å². The van der Waals surface area contributed by atoms with Crippen LogP contribution >= 0.6 is 0 Å². The highest BCUT2D eigenvalue weighted by Gasteiger charge is 2.11. The monoisotopic (exact) mass is 206 g/mol. The molecule has 2 nitrogen and oxygen atoms in total. The number of benzene rings is 1. The zero-order valence-electron chi connectivity index (χ0n) is 9.15. The molecule has 0 saturated heterocycles. The molecule has 0 radical (unpaired) electrons. The molecule has 2 heteroatoms. The number of carbonyl (C=O) groups excluding carboxylic acids is 1. The Balaban J connectivity index is 2.42. The van der Waals surface area contributed by atoms with E-state index in [1.165, 1.54) is 0 Å². The molecular weight excluding hydrogens is 188 g/mol. The zero-order valence-corrected chi connectivity index (χ0v) is 9.15. The first kappa shape index (κ1) is 11.9. The van der Waals surface area contributed by atoms with Gasteiger partial charge in [0.2, 0.25) is 0 Å². The molecule has 0 aliphatic heterocycles. The van der Waals surface area contributed by atoms with Crippen molar-refractivity contribution in [3.05, 3.63) is 35.9 Å². The van der Waals surface area contributed by atoms with E-state index in [4.69, 9.17) is 0 Å². The molecule has 0 heterocycles. The maximum Gasteiger partial charge on any atom is 0.135 e. The normalized spacial score (nSPS) is 12.4. The third kappa shape index (κ3) is 4.26. The highest BCUT2D eigenvalue weighted by molar-refractivity contribution is 5.78. The highest BCUT2D eigenvalue weighted by Crippen LogP contribution is 2.17. The first-order chi connectivity index (χ1) is 7.24. The van der Waals surface area contributed by atoms with Crippen molar-refractivity contribution in [3.63, 3.8) is 0 Å². The quantitative estimate of drug-likeness (QED) is 0.777. The fourth-order valence-electron chi connectivity index (χ4n) is 1.48. The summed E-state index contributed by atoms with van der Waals surface area (Å²) in [7, 11) is 0. The predicted octanol–water partition coefficient (Wildman–Crippen LogP) is 2.87. The van der Waals surface area contributed by atoms with E-state index in [2.05, 4.69) is 6.92 Å². The molecule has 1 atom stereocenters. The van der Waals surface area contributed by atoms with Crippen LogP contribution in [0.4, 0.5) is 0 Å². The van der Waals surface area contributed by atoms with E-state index in [9.17, 15) is 9.90 Å². The van der Waals surface area contributed by atoms with Crippen molar-refractivity contribution >= 4 is 5.78 Å². The number of Topliss-reactive ketones (excluding diaryl/α,β-unsaturated/α-hetero) is 1. The van der Waals surface area contributed by atoms with Crippen LogP contribution in [0, 0.1) is 0 Å². The number of carbonyl (C=O) groups is 1. The third-order valence-corrected chi connectivity index (χ3v) is 2.41. The van der Waals surface area contributed by atoms with Gasteiger partial charge in [0.05, 0.1) is 6.10 Å². The molecule has 0 aliphatic rings. The molecule has 0 aliphatic carbocycles. The van der Waals surface area contributed by atoms with E-state index in [1.54, 1.807) is 0 Å². The minimum absolute atomic E-state index is 0.146. The molecule has 1 aromatic carbocycles. The SMILES string of the molecule is CCCCC(=O)C[C@@H](O)c1ccccc1. The van der Waals surface area contributed by atoms with Gasteiger partial charge in [-0.05, 0) is 12.0 Å². The molecule has 0 saturated carbocycles. The number of rotatable bonds is 6. The highest BCUT2D eigenvalue weighted by atomic mass is 16.3. The molecule has 0 bridgehead atoms. The van der Waals surface area contributed by atoms with Crippen LogP contribution in [0.2, 0.25) is 0 Å². The van der Waals surface area contributed by atoms with Gasteiger partial charge < -0.3 is 5.11 Å². The summed E-state index contributed by atoms with van der Waals surface area (Å²) in [5.41, 5.74) is 0.822. The van der Waals surface area contributed by atoms with E-state index in [-0.39, 0.29) is 12.2 Å². The second-order valence-electron chi connectivity index (χ2n) is 3.77. The summed E-state index contributed by atoms with van der Waals surface area (Å²) in [5, 5.41) is 9.77. The summed E-state index contributed by atoms with van der Waals surface area (Å²) < 4.78 is 0. The van der Waals surface area contributed by atoms with Crippen LogP contribution in [0.25, 0.3) is 0 Å². The lowest BCUT2D eigenvalue weighted by molar-refractivity contribution is -0.121. The van der Waals surface area contributed by atoms with Crippen LogP contribution in [-0.2, 0) is 4.79 Å². The summed E-state index contributed by atoms with van der Waals surface area (Å²) in [4.78, 5) is 11.4. The number of unbranched alkanes of at least 4 members (excludes halogenated alkanes) is 1. The van der Waals surface area contributed by atoms with Crippen LogP contribution < -0.4 is 0 Å². The Labute approximate surface area is 90.9 Å². The van der Waals surface area contributed by atoms with Gasteiger partial charge in [-0.1, -0.05) is 43.7 Å². The number of aliphatic hydroxyl groups is 1. The van der Waals surface area contributed by atoms with Gasteiger partial charge in [0.25, 0.3) is 0 Å². The summed E-state index contributed by atoms with van der Waals surface area (Å²) in [6, 6.07) is 9.33. The molecule has 1 aromatic rings. The molecular formula is C13H18O2. The first-order valence-electron chi connectivity index (χ1n) is 5.48. The van der Waals surface area contributed by atoms with Gasteiger partial charge in [0, 0.05) is 12.8 Å². The topological polar surface area (TPSA) is 37.3 Å². The second-order valence-corrected chi connectivity index (χ2v) is 3.77. The van der Waals surface area contributed by atoms with Crippen LogP contribution in [0.3, 0.4) is 0 Å². The van der Waals surface area contributed by atoms with Crippen LogP contribution in [0.5, 0.6) is 0 Å². The fraction of sp³-hybridized carbons (Fsp3) is 0.462. The fourth-order valence-corrected chi connectivity index (χ4v) is 1.48. The van der Waals surface area contributed by atoms with E-state index >= 15 is 0 Å². The minimum Gasteiger partial charge on any atom is -0.388 e. The lowest BCUT2D eigenvalue weighted by Gasteiger charge is -2.09. The van der Waals surface area contributed by atoms with Gasteiger partial charge in [0.1, 0.15) is 5.78 Å². The molecule has 15 heavy (non-hydrogen) atoms. The van der Waals surface area contributed by atoms with Gasteiger partial charge >= 0.3 is 0 Å². The summed E-state index contributed by atoms with van der Waals surface area (Å²) in [6.45, 7) is 2.06. The summed E-state index contributed by atoms with van der Waals surface area (Å²) >= 11 is 0. The molecule has 0 aromatic heterocycles. The first-order valence-corrected chi connectivity index (χ1v) is 5.48. The Bertz CT molecular complexity index is 293. The number of ketones is 1. The Kier molecular flexibility index (Phi) is 5.05. The molecule has 0 spiro atoms. The summed E-state index contributed by atoms with van der Waals surface area (Å²) in [6.07, 6.45) is 2.12. The zero-order chi connectivity index (χ0) is 11.1. The Hall–Kier alpha value is -1.15. The van der Waals surface area contributed by atoms with Crippen molar-refractivity contribution in [2.24, 2.45) is 0 Å². The molecule has 82 valence electrons. The molecule has 1 N–H and O–H groups in total. The average Bonchev–Trinajstić information content (AvgIpc) is 2.27. The van der Waals surface area contributed by atoms with Crippen molar-refractivity contribution in [1.82, 2.24) is 0 Å². The Morgan fingerprint density at radius 2 is 2.00 bits per heavy atom. The lowest BCUT2D eigenvalue weighted by atomic mass is 10.0. The second kappa shape index (κ2) is 6.36. The van der Waals surface area contributed by atoms with Crippen molar-refractivity contribution in [3.8, 4) is 0 Å². The number of hydrogen-bond acceptors (Lipinski definition) is 2. The van der Waals surface area contributed by atoms with E-state index in [0.29, 0.717) is 6.42 Å². The number of hydrogen-bond donors (Lipinski definition) is 1. The van der Waals surface area contributed by atoms with Crippen molar-refractivity contribution in [2.75, 3.05) is 0 Å². The smallest absolute Gasteiger partial charge is 0.135 e. The van der Waals surface area contributed by atoms with Crippen LogP contribution in [0.15, 0.2) is 30.3 Å². The summed E-state index contributed by atoms with van der Waals surface area (Å²) in [5.74, 6) is 0.146. The van der Waals surface area contributed by atoms with E-state index < -0.39 is 6.10 Å². The maximum absolute atomic E-state index is 11.4. The third-order valence-electron chi connectivity index (χ3n) is 2.41. The standard InChI is InChI=1S/C13H18O2/c1-2-3-9-12(14)10-13(15)11-7-5-4-6-8-11/h4-8,13,15H,2-3,9-10H2,1H3/t13-/m1/s1. The largest absolute Gasteiger partial charge is 0.388 e. The minimum atomic E-state index is -0.643. The predicted molar refractivity (Wildman–Crippen MR) is 60.6 cm³/mol. The van der Waals surface area contributed by atoms with Gasteiger partial charge in [0.15, 0.2) is 0 Å². The number of aliphatic hydroxyl groups excluding tert-OH is 1. The van der Waals surface area contributed by atoms with Gasteiger partial charge in [-0.15, -0.1) is 0 Å². The molecule has 1 rings (SSSR count). The molecule has 0 amide bonds. The van der Waals surface area contributed by atoms with Crippen molar-refractivity contribution in [2.45, 2.75) is 38.7 Å². The lowest BCUT2D eigenvalue weighted by Crippen LogP contribution is -2.06. The van der Waals surface area contributed by atoms with Gasteiger partial charge in [-0.25, -0.2) is 0 Å². The maximum atomic E-state index is 11.4. The van der Waals surface area contributed by atoms with Crippen LogP contribution in [0.1, 0.15) is 44.3 Å². The Morgan fingerprint density at radius 1 is 1.33 bits per heavy atom.